The molecule has 0 amide bonds. The summed E-state index contributed by atoms with van der Waals surface area (Å²) in [6, 6.07) is 6.55. The van der Waals surface area contributed by atoms with Gasteiger partial charge in [-0.05, 0) is 19.1 Å². The number of aryl methyl sites for hydroxylation is 2. The highest BCUT2D eigenvalue weighted by molar-refractivity contribution is 7.86. The van der Waals surface area contributed by atoms with Crippen LogP contribution in [0.2, 0.25) is 0 Å². The van der Waals surface area contributed by atoms with E-state index >= 15 is 0 Å². The Labute approximate surface area is 112 Å². The van der Waals surface area contributed by atoms with Crippen LogP contribution in [-0.4, -0.2) is 30.0 Å². The third kappa shape index (κ3) is 3.39. The Morgan fingerprint density at radius 1 is 1.26 bits per heavy atom. The Balaban J connectivity index is 1.98. The fraction of sp³-hybridized carbons (Fsp3) is 0.333. The number of rotatable bonds is 5. The van der Waals surface area contributed by atoms with Crippen LogP contribution >= 0.6 is 0 Å². The molecular formula is C12H15N3O3S. The van der Waals surface area contributed by atoms with Gasteiger partial charge in [0.05, 0.1) is 23.4 Å². The van der Waals surface area contributed by atoms with Crippen LogP contribution in [0.1, 0.15) is 11.3 Å². The van der Waals surface area contributed by atoms with Gasteiger partial charge in [-0.15, -0.1) is 5.10 Å². The van der Waals surface area contributed by atoms with Crippen LogP contribution in [0.5, 0.6) is 0 Å². The quantitative estimate of drug-likeness (QED) is 0.766. The summed E-state index contributed by atoms with van der Waals surface area (Å²) in [7, 11) is -1.95. The van der Waals surface area contributed by atoms with E-state index in [0.29, 0.717) is 6.42 Å². The first-order valence-corrected chi connectivity index (χ1v) is 7.19. The minimum absolute atomic E-state index is 0.0669. The van der Waals surface area contributed by atoms with Gasteiger partial charge in [-0.1, -0.05) is 22.9 Å². The molecule has 0 fully saturated rings. The van der Waals surface area contributed by atoms with Crippen molar-refractivity contribution in [2.75, 3.05) is 6.61 Å². The molecule has 0 N–H and O–H groups in total. The average Bonchev–Trinajstić information content (AvgIpc) is 2.75. The average molecular weight is 281 g/mol. The maximum absolute atomic E-state index is 11.9. The summed E-state index contributed by atoms with van der Waals surface area (Å²) in [5, 5.41) is 7.47. The molecule has 0 aliphatic rings. The Kier molecular flexibility index (Phi) is 3.96. The number of hydrogen-bond acceptors (Lipinski definition) is 5. The van der Waals surface area contributed by atoms with Crippen LogP contribution in [-0.2, 0) is 27.8 Å². The molecule has 0 atom stereocenters. The van der Waals surface area contributed by atoms with Crippen molar-refractivity contribution in [3.8, 4) is 0 Å². The summed E-state index contributed by atoms with van der Waals surface area (Å²) in [6.07, 6.45) is 2.02. The first-order valence-electron chi connectivity index (χ1n) is 5.79. The van der Waals surface area contributed by atoms with Crippen LogP contribution in [0.4, 0.5) is 0 Å². The molecule has 0 unspecified atom stereocenters. The van der Waals surface area contributed by atoms with Gasteiger partial charge in [-0.3, -0.25) is 8.86 Å². The number of hydrogen-bond donors (Lipinski definition) is 0. The van der Waals surface area contributed by atoms with Crippen LogP contribution in [0.25, 0.3) is 0 Å². The maximum Gasteiger partial charge on any atom is 0.296 e. The fourth-order valence-corrected chi connectivity index (χ4v) is 2.47. The largest absolute Gasteiger partial charge is 0.296 e. The Morgan fingerprint density at radius 3 is 2.53 bits per heavy atom. The van der Waals surface area contributed by atoms with Crippen LogP contribution < -0.4 is 0 Å². The summed E-state index contributed by atoms with van der Waals surface area (Å²) in [4.78, 5) is 0.168. The Bertz CT molecular complexity index is 647. The lowest BCUT2D eigenvalue weighted by Crippen LogP contribution is -2.10. The Hall–Kier alpha value is -1.73. The van der Waals surface area contributed by atoms with Crippen LogP contribution in [0.3, 0.4) is 0 Å². The lowest BCUT2D eigenvalue weighted by Gasteiger charge is -2.05. The van der Waals surface area contributed by atoms with E-state index in [2.05, 4.69) is 10.3 Å². The van der Waals surface area contributed by atoms with E-state index in [9.17, 15) is 8.42 Å². The van der Waals surface area contributed by atoms with E-state index in [1.165, 1.54) is 12.1 Å². The summed E-state index contributed by atoms with van der Waals surface area (Å²) in [5.41, 5.74) is 1.82. The number of nitrogens with zero attached hydrogens (tertiary/aromatic N) is 3. The van der Waals surface area contributed by atoms with Gasteiger partial charge in [0.1, 0.15) is 0 Å². The van der Waals surface area contributed by atoms with E-state index < -0.39 is 10.1 Å². The minimum atomic E-state index is -3.69. The van der Waals surface area contributed by atoms with E-state index in [-0.39, 0.29) is 11.5 Å². The zero-order valence-corrected chi connectivity index (χ0v) is 11.6. The third-order valence-corrected chi connectivity index (χ3v) is 4.04. The van der Waals surface area contributed by atoms with Crippen molar-refractivity contribution in [2.45, 2.75) is 18.2 Å². The molecule has 102 valence electrons. The van der Waals surface area contributed by atoms with Gasteiger partial charge in [0.15, 0.2) is 0 Å². The lowest BCUT2D eigenvalue weighted by atomic mass is 10.2. The molecule has 0 bridgehead atoms. The van der Waals surface area contributed by atoms with Gasteiger partial charge < -0.3 is 0 Å². The van der Waals surface area contributed by atoms with Gasteiger partial charge >= 0.3 is 0 Å². The SMILES string of the molecule is Cc1ccc(S(=O)(=O)OCCc2cnnn2C)cc1. The second kappa shape index (κ2) is 5.50. The van der Waals surface area contributed by atoms with Crippen molar-refractivity contribution in [3.63, 3.8) is 0 Å². The van der Waals surface area contributed by atoms with Crippen molar-refractivity contribution in [2.24, 2.45) is 7.05 Å². The van der Waals surface area contributed by atoms with Gasteiger partial charge in [0.25, 0.3) is 10.1 Å². The molecule has 1 heterocycles. The topological polar surface area (TPSA) is 74.1 Å². The van der Waals surface area contributed by atoms with Crippen molar-refractivity contribution >= 4 is 10.1 Å². The van der Waals surface area contributed by atoms with Crippen molar-refractivity contribution in [1.82, 2.24) is 15.0 Å². The van der Waals surface area contributed by atoms with Crippen molar-refractivity contribution in [3.05, 3.63) is 41.7 Å². The molecule has 19 heavy (non-hydrogen) atoms. The molecule has 0 saturated carbocycles. The zero-order chi connectivity index (χ0) is 13.9. The van der Waals surface area contributed by atoms with Crippen LogP contribution in [0, 0.1) is 6.92 Å². The minimum Gasteiger partial charge on any atom is -0.266 e. The first-order chi connectivity index (χ1) is 8.99. The molecular weight excluding hydrogens is 266 g/mol. The van der Waals surface area contributed by atoms with E-state index in [1.807, 2.05) is 6.92 Å². The molecule has 0 aliphatic heterocycles. The number of aromatic nitrogens is 3. The third-order valence-electron chi connectivity index (χ3n) is 2.71. The molecule has 1 aromatic heterocycles. The van der Waals surface area contributed by atoms with E-state index in [1.54, 1.807) is 30.1 Å². The maximum atomic E-state index is 11.9. The molecule has 0 spiro atoms. The molecule has 6 nitrogen and oxygen atoms in total. The highest BCUT2D eigenvalue weighted by Crippen LogP contribution is 2.13. The normalized spacial score (nSPS) is 11.7. The summed E-state index contributed by atoms with van der Waals surface area (Å²) in [6.45, 7) is 1.96. The molecule has 0 radical (unpaired) electrons. The second-order valence-corrected chi connectivity index (χ2v) is 5.80. The van der Waals surface area contributed by atoms with E-state index in [0.717, 1.165) is 11.3 Å². The fourth-order valence-electron chi connectivity index (χ4n) is 1.57. The highest BCUT2D eigenvalue weighted by atomic mass is 32.2. The zero-order valence-electron chi connectivity index (χ0n) is 10.8. The van der Waals surface area contributed by atoms with Gasteiger partial charge in [-0.2, -0.15) is 8.42 Å². The second-order valence-electron chi connectivity index (χ2n) is 4.19. The molecule has 0 saturated heterocycles. The van der Waals surface area contributed by atoms with Crippen molar-refractivity contribution in [1.29, 1.82) is 0 Å². The molecule has 1 aromatic carbocycles. The van der Waals surface area contributed by atoms with Gasteiger partial charge in [0.2, 0.25) is 0 Å². The summed E-state index contributed by atoms with van der Waals surface area (Å²) >= 11 is 0. The monoisotopic (exact) mass is 281 g/mol. The smallest absolute Gasteiger partial charge is 0.266 e. The number of benzene rings is 1. The van der Waals surface area contributed by atoms with Crippen molar-refractivity contribution < 1.29 is 12.6 Å². The summed E-state index contributed by atoms with van der Waals surface area (Å²) < 4.78 is 30.4. The molecule has 7 heteroatoms. The summed E-state index contributed by atoms with van der Waals surface area (Å²) in [5.74, 6) is 0. The van der Waals surface area contributed by atoms with Gasteiger partial charge in [-0.25, -0.2) is 0 Å². The van der Waals surface area contributed by atoms with Crippen LogP contribution in [0.15, 0.2) is 35.4 Å². The Morgan fingerprint density at radius 2 is 1.95 bits per heavy atom. The predicted molar refractivity (Wildman–Crippen MR) is 69.0 cm³/mol. The highest BCUT2D eigenvalue weighted by Gasteiger charge is 2.14. The van der Waals surface area contributed by atoms with Gasteiger partial charge in [0, 0.05) is 13.5 Å². The molecule has 0 aliphatic carbocycles. The van der Waals surface area contributed by atoms with E-state index in [4.69, 9.17) is 4.18 Å². The predicted octanol–water partition coefficient (Wildman–Crippen LogP) is 1.07. The lowest BCUT2D eigenvalue weighted by molar-refractivity contribution is 0.319. The molecule has 2 aromatic rings. The molecule has 2 rings (SSSR count). The standard InChI is InChI=1S/C12H15N3O3S/c1-10-3-5-12(6-4-10)19(16,17)18-8-7-11-9-13-14-15(11)2/h3-6,9H,7-8H2,1-2H3. The first kappa shape index (κ1) is 13.7.